The Bertz CT molecular complexity index is 782. The number of aliphatic carboxylic acids is 1. The fourth-order valence-electron chi connectivity index (χ4n) is 9.69. The molecule has 200 valence electrons. The lowest BCUT2D eigenvalue weighted by Gasteiger charge is -2.61. The first-order valence-corrected chi connectivity index (χ1v) is 14.6. The Morgan fingerprint density at radius 2 is 1.63 bits per heavy atom. The number of carbonyl (C=O) groups excluding carboxylic acids is 1. The van der Waals surface area contributed by atoms with E-state index >= 15 is 0 Å². The molecular weight excluding hydrogens is 438 g/mol. The summed E-state index contributed by atoms with van der Waals surface area (Å²) >= 11 is 0. The van der Waals surface area contributed by atoms with Crippen molar-refractivity contribution < 1.29 is 19.8 Å². The van der Waals surface area contributed by atoms with Crippen LogP contribution in [0, 0.1) is 52.3 Å². The SMILES string of the molecule is CC(C)[C@@H](CC(=O)O)NC(=O)CC[C@@H](C)[C@H]1CC[C@H]2[C@@H]3CC[C@@H]4C[C@H](O)CC[C@]4(C)[C@H]3CC[C@]12C. The molecule has 5 nitrogen and oxygen atoms in total. The summed E-state index contributed by atoms with van der Waals surface area (Å²) < 4.78 is 0. The Kier molecular flexibility index (Phi) is 7.96. The molecule has 0 saturated heterocycles. The fourth-order valence-corrected chi connectivity index (χ4v) is 9.69. The van der Waals surface area contributed by atoms with E-state index in [4.69, 9.17) is 5.11 Å². The predicted molar refractivity (Wildman–Crippen MR) is 139 cm³/mol. The van der Waals surface area contributed by atoms with E-state index in [0.717, 1.165) is 37.0 Å². The van der Waals surface area contributed by atoms with E-state index in [0.29, 0.717) is 35.0 Å². The number of carbonyl (C=O) groups is 2. The third kappa shape index (κ3) is 5.18. The van der Waals surface area contributed by atoms with Gasteiger partial charge in [0.25, 0.3) is 0 Å². The van der Waals surface area contributed by atoms with E-state index in [1.807, 2.05) is 13.8 Å². The Balaban J connectivity index is 1.36. The molecule has 4 fully saturated rings. The highest BCUT2D eigenvalue weighted by Gasteiger charge is 2.60. The third-order valence-corrected chi connectivity index (χ3v) is 11.8. The van der Waals surface area contributed by atoms with Crippen molar-refractivity contribution in [3.8, 4) is 0 Å². The number of aliphatic hydroxyl groups is 1. The lowest BCUT2D eigenvalue weighted by molar-refractivity contribution is -0.138. The molecule has 0 aliphatic heterocycles. The van der Waals surface area contributed by atoms with Crippen LogP contribution in [0.1, 0.15) is 112 Å². The summed E-state index contributed by atoms with van der Waals surface area (Å²) in [6, 6.07) is -0.295. The van der Waals surface area contributed by atoms with Gasteiger partial charge in [-0.05, 0) is 116 Å². The van der Waals surface area contributed by atoms with E-state index in [1.165, 1.54) is 44.9 Å². The summed E-state index contributed by atoms with van der Waals surface area (Å²) in [5.41, 5.74) is 0.812. The molecule has 0 unspecified atom stereocenters. The van der Waals surface area contributed by atoms with Gasteiger partial charge in [0.05, 0.1) is 12.5 Å². The van der Waals surface area contributed by atoms with E-state index in [-0.39, 0.29) is 30.4 Å². The molecule has 4 saturated carbocycles. The Hall–Kier alpha value is -1.10. The van der Waals surface area contributed by atoms with Gasteiger partial charge in [-0.1, -0.05) is 34.6 Å². The van der Waals surface area contributed by atoms with Gasteiger partial charge in [0.15, 0.2) is 0 Å². The monoisotopic (exact) mass is 489 g/mol. The van der Waals surface area contributed by atoms with Crippen molar-refractivity contribution in [3.05, 3.63) is 0 Å². The minimum absolute atomic E-state index is 0.00550. The molecule has 4 rings (SSSR count). The maximum atomic E-state index is 12.7. The molecule has 35 heavy (non-hydrogen) atoms. The summed E-state index contributed by atoms with van der Waals surface area (Å²) in [4.78, 5) is 23.8. The largest absolute Gasteiger partial charge is 0.481 e. The van der Waals surface area contributed by atoms with Gasteiger partial charge in [-0.25, -0.2) is 0 Å². The van der Waals surface area contributed by atoms with Crippen LogP contribution < -0.4 is 5.32 Å². The molecular formula is C30H51NO4. The predicted octanol–water partition coefficient (Wildman–Crippen LogP) is 6.04. The van der Waals surface area contributed by atoms with Gasteiger partial charge in [0.2, 0.25) is 5.91 Å². The zero-order valence-corrected chi connectivity index (χ0v) is 22.9. The van der Waals surface area contributed by atoms with Crippen molar-refractivity contribution in [2.24, 2.45) is 52.3 Å². The van der Waals surface area contributed by atoms with Crippen LogP contribution in [0.2, 0.25) is 0 Å². The van der Waals surface area contributed by atoms with E-state index in [2.05, 4.69) is 26.1 Å². The van der Waals surface area contributed by atoms with Gasteiger partial charge in [-0.3, -0.25) is 9.59 Å². The van der Waals surface area contributed by atoms with Crippen LogP contribution in [0.3, 0.4) is 0 Å². The van der Waals surface area contributed by atoms with Crippen molar-refractivity contribution in [2.75, 3.05) is 0 Å². The highest BCUT2D eigenvalue weighted by molar-refractivity contribution is 5.77. The molecule has 5 heteroatoms. The first-order valence-electron chi connectivity index (χ1n) is 14.6. The molecule has 1 amide bonds. The number of carboxylic acids is 1. The lowest BCUT2D eigenvalue weighted by Crippen LogP contribution is -2.54. The zero-order valence-electron chi connectivity index (χ0n) is 22.9. The molecule has 4 aliphatic carbocycles. The molecule has 0 radical (unpaired) electrons. The normalized spacial score (nSPS) is 42.5. The Morgan fingerprint density at radius 3 is 2.31 bits per heavy atom. The smallest absolute Gasteiger partial charge is 0.305 e. The topological polar surface area (TPSA) is 86.6 Å². The Labute approximate surface area is 213 Å². The average molecular weight is 490 g/mol. The summed E-state index contributed by atoms with van der Waals surface area (Å²) in [5, 5.41) is 22.4. The average Bonchev–Trinajstić information content (AvgIpc) is 3.14. The zero-order chi connectivity index (χ0) is 25.5. The molecule has 0 spiro atoms. The fraction of sp³-hybridized carbons (Fsp3) is 0.933. The van der Waals surface area contributed by atoms with Gasteiger partial charge in [0.1, 0.15) is 0 Å². The number of carboxylic acid groups (broad SMARTS) is 1. The number of amides is 1. The van der Waals surface area contributed by atoms with Crippen molar-refractivity contribution in [2.45, 2.75) is 124 Å². The number of nitrogens with one attached hydrogen (secondary N) is 1. The lowest BCUT2D eigenvalue weighted by atomic mass is 9.44. The van der Waals surface area contributed by atoms with Crippen LogP contribution in [0.15, 0.2) is 0 Å². The summed E-state index contributed by atoms with van der Waals surface area (Å²) in [6.45, 7) is 11.4. The molecule has 0 aromatic rings. The molecule has 4 aliphatic rings. The highest BCUT2D eigenvalue weighted by atomic mass is 16.4. The van der Waals surface area contributed by atoms with Crippen molar-refractivity contribution in [1.29, 1.82) is 0 Å². The van der Waals surface area contributed by atoms with Gasteiger partial charge in [-0.2, -0.15) is 0 Å². The molecule has 0 bridgehead atoms. The highest BCUT2D eigenvalue weighted by Crippen LogP contribution is 2.68. The van der Waals surface area contributed by atoms with Crippen LogP contribution in [-0.2, 0) is 9.59 Å². The second kappa shape index (κ2) is 10.3. The summed E-state index contributed by atoms with van der Waals surface area (Å²) in [6.07, 6.45) is 12.5. The van der Waals surface area contributed by atoms with Gasteiger partial charge in [0, 0.05) is 12.5 Å². The summed E-state index contributed by atoms with van der Waals surface area (Å²) in [5.74, 6) is 3.65. The molecule has 0 aromatic heterocycles. The quantitative estimate of drug-likeness (QED) is 0.388. The first kappa shape index (κ1) is 26.9. The van der Waals surface area contributed by atoms with Crippen LogP contribution in [-0.4, -0.2) is 34.2 Å². The molecule has 0 aromatic carbocycles. The Morgan fingerprint density at radius 1 is 0.943 bits per heavy atom. The number of aliphatic hydroxyl groups excluding tert-OH is 1. The second-order valence-corrected chi connectivity index (χ2v) is 13.8. The standard InChI is InChI=1S/C30H51NO4/c1-18(2)26(17-28(34)35)31-27(33)11-6-19(3)23-9-10-24-22-8-7-20-16-21(32)12-14-29(20,4)25(22)13-15-30(23,24)5/h18-26,32H,6-17H2,1-5H3,(H,31,33)(H,34,35)/t19-,20-,21-,22+,23-,24+,25+,26-,29+,30-/m1/s1. The van der Waals surface area contributed by atoms with Crippen molar-refractivity contribution in [3.63, 3.8) is 0 Å². The number of hydrogen-bond acceptors (Lipinski definition) is 3. The second-order valence-electron chi connectivity index (χ2n) is 13.8. The number of hydrogen-bond donors (Lipinski definition) is 3. The molecule has 3 N–H and O–H groups in total. The number of rotatable bonds is 8. The van der Waals surface area contributed by atoms with Gasteiger partial charge < -0.3 is 15.5 Å². The van der Waals surface area contributed by atoms with E-state index in [9.17, 15) is 14.7 Å². The molecule has 0 heterocycles. The first-order chi connectivity index (χ1) is 16.5. The number of fused-ring (bicyclic) bond motifs is 5. The van der Waals surface area contributed by atoms with Crippen molar-refractivity contribution in [1.82, 2.24) is 5.32 Å². The van der Waals surface area contributed by atoms with E-state index in [1.54, 1.807) is 0 Å². The van der Waals surface area contributed by atoms with Gasteiger partial charge >= 0.3 is 5.97 Å². The van der Waals surface area contributed by atoms with E-state index < -0.39 is 5.97 Å². The van der Waals surface area contributed by atoms with Crippen molar-refractivity contribution >= 4 is 11.9 Å². The van der Waals surface area contributed by atoms with Crippen LogP contribution in [0.5, 0.6) is 0 Å². The molecule has 10 atom stereocenters. The van der Waals surface area contributed by atoms with Crippen LogP contribution in [0.4, 0.5) is 0 Å². The minimum atomic E-state index is -0.856. The summed E-state index contributed by atoms with van der Waals surface area (Å²) in [7, 11) is 0. The minimum Gasteiger partial charge on any atom is -0.481 e. The maximum Gasteiger partial charge on any atom is 0.305 e. The van der Waals surface area contributed by atoms with Crippen LogP contribution >= 0.6 is 0 Å². The third-order valence-electron chi connectivity index (χ3n) is 11.8. The van der Waals surface area contributed by atoms with Gasteiger partial charge in [-0.15, -0.1) is 0 Å². The maximum absolute atomic E-state index is 12.7. The van der Waals surface area contributed by atoms with Crippen LogP contribution in [0.25, 0.3) is 0 Å².